The number of benzene rings is 2. The van der Waals surface area contributed by atoms with Crippen LogP contribution in [0, 0.1) is 0 Å². The van der Waals surface area contributed by atoms with E-state index in [9.17, 15) is 23.1 Å². The zero-order valence-electron chi connectivity index (χ0n) is 13.7. The molecule has 1 N–H and O–H groups in total. The van der Waals surface area contributed by atoms with Crippen LogP contribution in [0.1, 0.15) is 29.9 Å². The Morgan fingerprint density at radius 2 is 1.81 bits per heavy atom. The summed E-state index contributed by atoms with van der Waals surface area (Å²) < 4.78 is 38.3. The average Bonchev–Trinajstić information content (AvgIpc) is 2.62. The SMILES string of the molecule is O=C1CC[C@H](c2ccccc2)C(O)=C1C=Nc1cccc(C(F)(F)F)c1. The molecule has 0 bridgehead atoms. The van der Waals surface area contributed by atoms with Crippen LogP contribution in [0.15, 0.2) is 70.9 Å². The summed E-state index contributed by atoms with van der Waals surface area (Å²) >= 11 is 0. The molecule has 1 aliphatic rings. The minimum absolute atomic E-state index is 0.0440. The molecule has 0 aromatic heterocycles. The van der Waals surface area contributed by atoms with E-state index in [1.807, 2.05) is 30.3 Å². The number of halogens is 3. The number of hydrogen-bond donors (Lipinski definition) is 1. The second-order valence-electron chi connectivity index (χ2n) is 6.03. The molecule has 0 unspecified atom stereocenters. The normalized spacial score (nSPS) is 18.6. The van der Waals surface area contributed by atoms with Gasteiger partial charge in [-0.25, -0.2) is 0 Å². The Bertz CT molecular complexity index is 870. The minimum atomic E-state index is -4.47. The number of allylic oxidation sites excluding steroid dienone is 2. The zero-order valence-corrected chi connectivity index (χ0v) is 13.7. The molecule has 134 valence electrons. The first kappa shape index (κ1) is 17.9. The summed E-state index contributed by atoms with van der Waals surface area (Å²) in [7, 11) is 0. The number of rotatable bonds is 3. The lowest BCUT2D eigenvalue weighted by Gasteiger charge is -2.22. The molecule has 0 fully saturated rings. The zero-order chi connectivity index (χ0) is 18.7. The summed E-state index contributed by atoms with van der Waals surface area (Å²) in [6.45, 7) is 0. The molecule has 0 aliphatic heterocycles. The van der Waals surface area contributed by atoms with Crippen molar-refractivity contribution in [3.8, 4) is 0 Å². The fraction of sp³-hybridized carbons (Fsp3) is 0.200. The van der Waals surface area contributed by atoms with Crippen LogP contribution in [0.3, 0.4) is 0 Å². The van der Waals surface area contributed by atoms with Gasteiger partial charge < -0.3 is 5.11 Å². The number of hydrogen-bond acceptors (Lipinski definition) is 3. The van der Waals surface area contributed by atoms with E-state index in [1.54, 1.807) is 0 Å². The van der Waals surface area contributed by atoms with Crippen LogP contribution < -0.4 is 0 Å². The fourth-order valence-corrected chi connectivity index (χ4v) is 2.93. The predicted molar refractivity (Wildman–Crippen MR) is 92.7 cm³/mol. The van der Waals surface area contributed by atoms with E-state index in [4.69, 9.17) is 0 Å². The van der Waals surface area contributed by atoms with Gasteiger partial charge in [-0.15, -0.1) is 0 Å². The number of aliphatic hydroxyl groups excluding tert-OH is 1. The van der Waals surface area contributed by atoms with Gasteiger partial charge in [-0.1, -0.05) is 36.4 Å². The second-order valence-corrected chi connectivity index (χ2v) is 6.03. The van der Waals surface area contributed by atoms with Crippen LogP contribution in [-0.4, -0.2) is 17.1 Å². The monoisotopic (exact) mass is 359 g/mol. The van der Waals surface area contributed by atoms with E-state index in [0.29, 0.717) is 6.42 Å². The Balaban J connectivity index is 1.92. The van der Waals surface area contributed by atoms with Gasteiger partial charge in [-0.05, 0) is 30.2 Å². The second kappa shape index (κ2) is 7.15. The number of carbonyl (C=O) groups is 1. The van der Waals surface area contributed by atoms with Crippen molar-refractivity contribution in [1.82, 2.24) is 0 Å². The Hall–Kier alpha value is -2.89. The van der Waals surface area contributed by atoms with Gasteiger partial charge in [-0.2, -0.15) is 13.2 Å². The lowest BCUT2D eigenvalue weighted by atomic mass is 9.83. The lowest BCUT2D eigenvalue weighted by molar-refractivity contribution is -0.137. The van der Waals surface area contributed by atoms with Crippen molar-refractivity contribution in [1.29, 1.82) is 0 Å². The summed E-state index contributed by atoms with van der Waals surface area (Å²) in [5.74, 6) is -0.689. The summed E-state index contributed by atoms with van der Waals surface area (Å²) in [4.78, 5) is 16.1. The Labute approximate surface area is 148 Å². The number of Topliss-reactive ketones (excluding diaryl/α,β-unsaturated/α-hetero) is 1. The highest BCUT2D eigenvalue weighted by Gasteiger charge is 2.31. The largest absolute Gasteiger partial charge is 0.511 e. The first-order valence-corrected chi connectivity index (χ1v) is 8.09. The molecule has 2 aromatic carbocycles. The van der Waals surface area contributed by atoms with Gasteiger partial charge in [-0.3, -0.25) is 9.79 Å². The number of aliphatic imine (C=N–C) groups is 1. The van der Waals surface area contributed by atoms with Gasteiger partial charge in [0.15, 0.2) is 5.78 Å². The van der Waals surface area contributed by atoms with Crippen molar-refractivity contribution >= 4 is 17.7 Å². The predicted octanol–water partition coefficient (Wildman–Crippen LogP) is 5.37. The number of nitrogens with zero attached hydrogens (tertiary/aromatic N) is 1. The number of aliphatic hydroxyl groups is 1. The summed E-state index contributed by atoms with van der Waals surface area (Å²) in [5, 5.41) is 10.5. The third kappa shape index (κ3) is 3.85. The van der Waals surface area contributed by atoms with Crippen molar-refractivity contribution in [2.75, 3.05) is 0 Å². The first-order chi connectivity index (χ1) is 12.4. The molecule has 3 nitrogen and oxygen atoms in total. The van der Waals surface area contributed by atoms with Crippen molar-refractivity contribution in [3.05, 3.63) is 77.1 Å². The Morgan fingerprint density at radius 1 is 1.08 bits per heavy atom. The molecule has 3 rings (SSSR count). The number of carbonyl (C=O) groups excluding carboxylic acids is 1. The maximum atomic E-state index is 12.8. The fourth-order valence-electron chi connectivity index (χ4n) is 2.93. The van der Waals surface area contributed by atoms with Crippen LogP contribution in [0.25, 0.3) is 0 Å². The smallest absolute Gasteiger partial charge is 0.416 e. The Kier molecular flexibility index (Phi) is 4.93. The first-order valence-electron chi connectivity index (χ1n) is 8.09. The molecule has 0 heterocycles. The third-order valence-corrected chi connectivity index (χ3v) is 4.28. The van der Waals surface area contributed by atoms with Crippen molar-refractivity contribution in [2.24, 2.45) is 4.99 Å². The van der Waals surface area contributed by atoms with E-state index < -0.39 is 11.7 Å². The van der Waals surface area contributed by atoms with E-state index >= 15 is 0 Å². The molecule has 26 heavy (non-hydrogen) atoms. The maximum Gasteiger partial charge on any atom is 0.416 e. The van der Waals surface area contributed by atoms with E-state index in [-0.39, 0.29) is 35.1 Å². The minimum Gasteiger partial charge on any atom is -0.511 e. The van der Waals surface area contributed by atoms with Crippen LogP contribution in [0.2, 0.25) is 0 Å². The molecule has 0 radical (unpaired) electrons. The highest BCUT2D eigenvalue weighted by molar-refractivity contribution is 6.14. The topological polar surface area (TPSA) is 49.7 Å². The Morgan fingerprint density at radius 3 is 2.50 bits per heavy atom. The molecule has 0 saturated heterocycles. The third-order valence-electron chi connectivity index (χ3n) is 4.28. The molecule has 1 atom stereocenters. The molecule has 6 heteroatoms. The van der Waals surface area contributed by atoms with Crippen LogP contribution in [0.4, 0.5) is 18.9 Å². The average molecular weight is 359 g/mol. The quantitative estimate of drug-likeness (QED) is 0.750. The number of ketones is 1. The summed E-state index contributed by atoms with van der Waals surface area (Å²) in [5.41, 5.74) is 0.169. The van der Waals surface area contributed by atoms with Crippen molar-refractivity contribution < 1.29 is 23.1 Å². The van der Waals surface area contributed by atoms with Crippen LogP contribution in [-0.2, 0) is 11.0 Å². The van der Waals surface area contributed by atoms with Crippen molar-refractivity contribution in [2.45, 2.75) is 24.9 Å². The maximum absolute atomic E-state index is 12.8. The van der Waals surface area contributed by atoms with Gasteiger partial charge in [0.2, 0.25) is 0 Å². The molecule has 1 aliphatic carbocycles. The highest BCUT2D eigenvalue weighted by Crippen LogP contribution is 2.35. The van der Waals surface area contributed by atoms with Gasteiger partial charge >= 0.3 is 6.18 Å². The van der Waals surface area contributed by atoms with Crippen molar-refractivity contribution in [3.63, 3.8) is 0 Å². The number of alkyl halides is 3. The van der Waals surface area contributed by atoms with E-state index in [1.165, 1.54) is 12.1 Å². The molecule has 0 amide bonds. The molecule has 0 saturated carbocycles. The van der Waals surface area contributed by atoms with Gasteiger partial charge in [0, 0.05) is 18.6 Å². The van der Waals surface area contributed by atoms with Gasteiger partial charge in [0.1, 0.15) is 5.76 Å². The lowest BCUT2D eigenvalue weighted by Crippen LogP contribution is -2.19. The van der Waals surface area contributed by atoms with Crippen LogP contribution in [0.5, 0.6) is 0 Å². The summed E-state index contributed by atoms with van der Waals surface area (Å²) in [6.07, 6.45) is -2.59. The van der Waals surface area contributed by atoms with E-state index in [0.717, 1.165) is 23.9 Å². The standard InChI is InChI=1S/C20H16F3NO2/c21-20(22,23)14-7-4-8-15(11-14)24-12-17-18(25)10-9-16(19(17)26)13-5-2-1-3-6-13/h1-8,11-12,16,26H,9-10H2/t16-/m1/s1. The van der Waals surface area contributed by atoms with Crippen LogP contribution >= 0.6 is 0 Å². The van der Waals surface area contributed by atoms with Gasteiger partial charge in [0.05, 0.1) is 16.8 Å². The summed E-state index contributed by atoms with van der Waals surface area (Å²) in [6, 6.07) is 13.8. The highest BCUT2D eigenvalue weighted by atomic mass is 19.4. The van der Waals surface area contributed by atoms with E-state index in [2.05, 4.69) is 4.99 Å². The molecular formula is C20H16F3NO2. The molecule has 0 spiro atoms. The molecule has 2 aromatic rings. The molecular weight excluding hydrogens is 343 g/mol. The van der Waals surface area contributed by atoms with Gasteiger partial charge in [0.25, 0.3) is 0 Å².